The number of phenols is 2. The summed E-state index contributed by atoms with van der Waals surface area (Å²) in [5.41, 5.74) is 0.325. The molecule has 0 saturated carbocycles. The summed E-state index contributed by atoms with van der Waals surface area (Å²) in [6.07, 6.45) is 0. The van der Waals surface area contributed by atoms with Crippen molar-refractivity contribution in [2.75, 3.05) is 20.6 Å². The van der Waals surface area contributed by atoms with Crippen molar-refractivity contribution in [2.24, 2.45) is 0 Å². The Balaban J connectivity index is 2.66. The van der Waals surface area contributed by atoms with Gasteiger partial charge in [0.2, 0.25) is 0 Å². The summed E-state index contributed by atoms with van der Waals surface area (Å²) in [7, 11) is 3.85. The zero-order chi connectivity index (χ0) is 13.0. The first-order valence-corrected chi connectivity index (χ1v) is 5.37. The van der Waals surface area contributed by atoms with Crippen molar-refractivity contribution < 1.29 is 15.0 Å². The van der Waals surface area contributed by atoms with Crippen LogP contribution in [0.4, 0.5) is 0 Å². The van der Waals surface area contributed by atoms with Crippen LogP contribution in [-0.2, 0) is 0 Å². The fraction of sp³-hybridized carbons (Fsp3) is 0.417. The molecule has 0 bridgehead atoms. The third-order valence-corrected chi connectivity index (χ3v) is 2.25. The molecule has 94 valence electrons. The number of phenolic OH excluding ortho intramolecular Hbond substituents is 2. The second-order valence-corrected chi connectivity index (χ2v) is 4.34. The van der Waals surface area contributed by atoms with Gasteiger partial charge in [-0.2, -0.15) is 0 Å². The molecule has 5 heteroatoms. The predicted molar refractivity (Wildman–Crippen MR) is 65.3 cm³/mol. The summed E-state index contributed by atoms with van der Waals surface area (Å²) in [6, 6.07) is 4.01. The Morgan fingerprint density at radius 2 is 2.00 bits per heavy atom. The number of carbonyl (C=O) groups is 1. The van der Waals surface area contributed by atoms with Crippen molar-refractivity contribution >= 4 is 5.91 Å². The lowest BCUT2D eigenvalue weighted by Crippen LogP contribution is -2.39. The highest BCUT2D eigenvalue weighted by atomic mass is 16.3. The first-order chi connectivity index (χ1) is 7.90. The molecule has 0 heterocycles. The average Bonchev–Trinajstić information content (AvgIpc) is 2.20. The lowest BCUT2D eigenvalue weighted by molar-refractivity contribution is 0.0934. The van der Waals surface area contributed by atoms with Gasteiger partial charge in [-0.05, 0) is 39.2 Å². The van der Waals surface area contributed by atoms with Crippen LogP contribution in [-0.4, -0.2) is 47.7 Å². The van der Waals surface area contributed by atoms with Crippen molar-refractivity contribution in [3.8, 4) is 11.5 Å². The molecule has 0 fully saturated rings. The first kappa shape index (κ1) is 13.3. The van der Waals surface area contributed by atoms with Gasteiger partial charge in [-0.3, -0.25) is 4.79 Å². The Morgan fingerprint density at radius 3 is 2.53 bits per heavy atom. The molecule has 1 aromatic carbocycles. The van der Waals surface area contributed by atoms with Crippen LogP contribution in [0.5, 0.6) is 11.5 Å². The van der Waals surface area contributed by atoms with Crippen molar-refractivity contribution in [1.82, 2.24) is 10.2 Å². The molecule has 1 amide bonds. The van der Waals surface area contributed by atoms with Gasteiger partial charge in [-0.25, -0.2) is 0 Å². The van der Waals surface area contributed by atoms with Gasteiger partial charge < -0.3 is 20.4 Å². The molecule has 1 rings (SSSR count). The highest BCUT2D eigenvalue weighted by molar-refractivity contribution is 5.95. The van der Waals surface area contributed by atoms with Crippen molar-refractivity contribution in [3.05, 3.63) is 23.8 Å². The van der Waals surface area contributed by atoms with Crippen LogP contribution in [0.15, 0.2) is 18.2 Å². The fourth-order valence-corrected chi connectivity index (χ4v) is 1.57. The quantitative estimate of drug-likeness (QED) is 0.678. The highest BCUT2D eigenvalue weighted by Crippen LogP contribution is 2.24. The lowest BCUT2D eigenvalue weighted by Gasteiger charge is -2.18. The Hall–Kier alpha value is -1.75. The number of carbonyl (C=O) groups excluding carboxylic acids is 1. The lowest BCUT2D eigenvalue weighted by atomic mass is 10.1. The van der Waals surface area contributed by atoms with E-state index < -0.39 is 0 Å². The Labute approximate surface area is 101 Å². The minimum Gasteiger partial charge on any atom is -0.504 e. The third-order valence-electron chi connectivity index (χ3n) is 2.25. The number of nitrogens with one attached hydrogen (secondary N) is 1. The third kappa shape index (κ3) is 3.96. The molecular formula is C12H18N2O3. The van der Waals surface area contributed by atoms with E-state index in [0.717, 1.165) is 6.54 Å². The molecular weight excluding hydrogens is 220 g/mol. The first-order valence-electron chi connectivity index (χ1n) is 5.37. The molecule has 0 aliphatic heterocycles. The number of aromatic hydroxyl groups is 2. The number of hydrogen-bond acceptors (Lipinski definition) is 4. The Kier molecular flexibility index (Phi) is 4.34. The number of benzene rings is 1. The van der Waals surface area contributed by atoms with Crippen LogP contribution in [0.1, 0.15) is 17.3 Å². The summed E-state index contributed by atoms with van der Waals surface area (Å²) in [5, 5.41) is 21.2. The average molecular weight is 238 g/mol. The summed E-state index contributed by atoms with van der Waals surface area (Å²) in [5.74, 6) is -0.796. The molecule has 1 atom stereocenters. The standard InChI is InChI=1S/C12H18N2O3/c1-8(7-14(2)3)13-12(17)9-4-5-10(15)11(16)6-9/h4-6,8,15-16H,7H2,1-3H3,(H,13,17). The molecule has 0 saturated heterocycles. The summed E-state index contributed by atoms with van der Waals surface area (Å²) in [6.45, 7) is 2.63. The number of rotatable bonds is 4. The largest absolute Gasteiger partial charge is 0.504 e. The molecule has 0 aliphatic carbocycles. The monoisotopic (exact) mass is 238 g/mol. The molecule has 0 aliphatic rings. The zero-order valence-electron chi connectivity index (χ0n) is 10.3. The molecule has 0 aromatic heterocycles. The van der Waals surface area contributed by atoms with Crippen molar-refractivity contribution in [2.45, 2.75) is 13.0 Å². The number of nitrogens with zero attached hydrogens (tertiary/aromatic N) is 1. The van der Waals surface area contributed by atoms with Gasteiger partial charge in [0.1, 0.15) is 0 Å². The van der Waals surface area contributed by atoms with Crippen molar-refractivity contribution in [3.63, 3.8) is 0 Å². The number of hydrogen-bond donors (Lipinski definition) is 3. The van der Waals surface area contributed by atoms with E-state index in [4.69, 9.17) is 5.11 Å². The SMILES string of the molecule is CC(CN(C)C)NC(=O)c1ccc(O)c(O)c1. The van der Waals surface area contributed by atoms with E-state index in [2.05, 4.69) is 5.32 Å². The van der Waals surface area contributed by atoms with E-state index in [-0.39, 0.29) is 23.4 Å². The predicted octanol–water partition coefficient (Wildman–Crippen LogP) is 0.778. The Bertz CT molecular complexity index is 405. The Morgan fingerprint density at radius 1 is 1.35 bits per heavy atom. The minimum atomic E-state index is -0.294. The zero-order valence-corrected chi connectivity index (χ0v) is 10.3. The normalized spacial score (nSPS) is 12.5. The van der Waals surface area contributed by atoms with E-state index in [1.54, 1.807) is 0 Å². The van der Waals surface area contributed by atoms with Gasteiger partial charge in [0.25, 0.3) is 5.91 Å². The summed E-state index contributed by atoms with van der Waals surface area (Å²) in [4.78, 5) is 13.7. The van der Waals surface area contributed by atoms with E-state index in [1.165, 1.54) is 18.2 Å². The molecule has 0 radical (unpaired) electrons. The van der Waals surface area contributed by atoms with Gasteiger partial charge in [-0.1, -0.05) is 0 Å². The smallest absolute Gasteiger partial charge is 0.251 e. The number of likely N-dealkylation sites (N-methyl/N-ethyl adjacent to an activating group) is 1. The highest BCUT2D eigenvalue weighted by Gasteiger charge is 2.12. The molecule has 1 unspecified atom stereocenters. The van der Waals surface area contributed by atoms with E-state index in [0.29, 0.717) is 5.56 Å². The maximum Gasteiger partial charge on any atom is 0.251 e. The van der Waals surface area contributed by atoms with Crippen LogP contribution < -0.4 is 5.32 Å². The van der Waals surface area contributed by atoms with Gasteiger partial charge >= 0.3 is 0 Å². The van der Waals surface area contributed by atoms with Crippen LogP contribution >= 0.6 is 0 Å². The summed E-state index contributed by atoms with van der Waals surface area (Å²) >= 11 is 0. The van der Waals surface area contributed by atoms with Crippen molar-refractivity contribution in [1.29, 1.82) is 0 Å². The van der Waals surface area contributed by atoms with Crippen LogP contribution in [0.2, 0.25) is 0 Å². The maximum atomic E-state index is 11.8. The van der Waals surface area contributed by atoms with Gasteiger partial charge in [-0.15, -0.1) is 0 Å². The van der Waals surface area contributed by atoms with Gasteiger partial charge in [0.15, 0.2) is 11.5 Å². The molecule has 1 aromatic rings. The minimum absolute atomic E-state index is 0.00782. The second kappa shape index (κ2) is 5.54. The van der Waals surface area contributed by atoms with E-state index in [1.807, 2.05) is 25.9 Å². The van der Waals surface area contributed by atoms with Gasteiger partial charge in [0, 0.05) is 18.2 Å². The molecule has 17 heavy (non-hydrogen) atoms. The second-order valence-electron chi connectivity index (χ2n) is 4.34. The number of amides is 1. The van der Waals surface area contributed by atoms with E-state index >= 15 is 0 Å². The van der Waals surface area contributed by atoms with Gasteiger partial charge in [0.05, 0.1) is 0 Å². The molecule has 3 N–H and O–H groups in total. The van der Waals surface area contributed by atoms with Crippen LogP contribution in [0, 0.1) is 0 Å². The van der Waals surface area contributed by atoms with E-state index in [9.17, 15) is 9.90 Å². The molecule has 0 spiro atoms. The summed E-state index contributed by atoms with van der Waals surface area (Å²) < 4.78 is 0. The molecule has 5 nitrogen and oxygen atoms in total. The fourth-order valence-electron chi connectivity index (χ4n) is 1.57. The van der Waals surface area contributed by atoms with Crippen LogP contribution in [0.25, 0.3) is 0 Å². The van der Waals surface area contributed by atoms with Crippen LogP contribution in [0.3, 0.4) is 0 Å². The topological polar surface area (TPSA) is 72.8 Å². The maximum absolute atomic E-state index is 11.8.